The Hall–Kier alpha value is -4.06. The van der Waals surface area contributed by atoms with Gasteiger partial charge < -0.3 is 10.1 Å². The lowest BCUT2D eigenvalue weighted by Crippen LogP contribution is -2.34. The van der Waals surface area contributed by atoms with Gasteiger partial charge in [-0.25, -0.2) is 19.2 Å². The molecule has 0 amide bonds. The molecule has 4 aromatic rings. The summed E-state index contributed by atoms with van der Waals surface area (Å²) in [5.41, 5.74) is 4.33. The van der Waals surface area contributed by atoms with Gasteiger partial charge in [-0.3, -0.25) is 0 Å². The van der Waals surface area contributed by atoms with E-state index in [2.05, 4.69) is 10.3 Å². The minimum atomic E-state index is -0.697. The van der Waals surface area contributed by atoms with Crippen molar-refractivity contribution in [2.24, 2.45) is 0 Å². The second-order valence-electron chi connectivity index (χ2n) is 7.86. The van der Waals surface area contributed by atoms with Crippen molar-refractivity contribution in [2.75, 3.05) is 11.9 Å². The molecule has 0 bridgehead atoms. The van der Waals surface area contributed by atoms with E-state index in [1.54, 1.807) is 25.3 Å². The molecular formula is C28H26FN3O2. The third-order valence-electron chi connectivity index (χ3n) is 5.36. The summed E-state index contributed by atoms with van der Waals surface area (Å²) in [7, 11) is 0. The maximum Gasteiger partial charge on any atom is 0.328 e. The van der Waals surface area contributed by atoms with Crippen LogP contribution in [0, 0.1) is 5.82 Å². The van der Waals surface area contributed by atoms with Crippen molar-refractivity contribution in [1.29, 1.82) is 0 Å². The van der Waals surface area contributed by atoms with Crippen molar-refractivity contribution in [2.45, 2.75) is 25.8 Å². The number of rotatable bonds is 9. The standard InChI is InChI=1S/C28H26FN3O2/c1-2-34-28(33)25(18-21-13-15-23(29)16-14-21)32-27-24(17-20-9-5-3-6-10-20)31-26(19-30-27)22-11-7-4-8-12-22/h3-16,19,25H,2,17-18H2,1H3,(H,30,32). The Morgan fingerprint density at radius 2 is 1.62 bits per heavy atom. The Morgan fingerprint density at radius 3 is 2.29 bits per heavy atom. The first-order valence-corrected chi connectivity index (χ1v) is 11.2. The van der Waals surface area contributed by atoms with Crippen LogP contribution in [0.4, 0.5) is 10.2 Å². The van der Waals surface area contributed by atoms with Crippen LogP contribution in [0.1, 0.15) is 23.7 Å². The summed E-state index contributed by atoms with van der Waals surface area (Å²) < 4.78 is 18.7. The predicted molar refractivity (Wildman–Crippen MR) is 131 cm³/mol. The van der Waals surface area contributed by atoms with Gasteiger partial charge in [0.1, 0.15) is 17.7 Å². The van der Waals surface area contributed by atoms with E-state index in [0.29, 0.717) is 18.7 Å². The number of benzene rings is 3. The van der Waals surface area contributed by atoms with Gasteiger partial charge in [-0.1, -0.05) is 72.8 Å². The van der Waals surface area contributed by atoms with Crippen LogP contribution in [0.2, 0.25) is 0 Å². The average molecular weight is 456 g/mol. The Morgan fingerprint density at radius 1 is 0.941 bits per heavy atom. The summed E-state index contributed by atoms with van der Waals surface area (Å²) in [6.07, 6.45) is 2.57. The molecule has 0 aliphatic rings. The van der Waals surface area contributed by atoms with Crippen LogP contribution >= 0.6 is 0 Å². The molecule has 0 aliphatic heterocycles. The SMILES string of the molecule is CCOC(=O)C(Cc1ccc(F)cc1)Nc1ncc(-c2ccccc2)nc1Cc1ccccc1. The molecule has 34 heavy (non-hydrogen) atoms. The van der Waals surface area contributed by atoms with E-state index in [0.717, 1.165) is 28.1 Å². The molecule has 0 radical (unpaired) electrons. The number of carbonyl (C=O) groups is 1. The summed E-state index contributed by atoms with van der Waals surface area (Å²) in [5, 5.41) is 3.25. The van der Waals surface area contributed by atoms with E-state index in [-0.39, 0.29) is 12.4 Å². The fourth-order valence-electron chi connectivity index (χ4n) is 3.67. The monoisotopic (exact) mass is 455 g/mol. The number of hydrogen-bond acceptors (Lipinski definition) is 5. The van der Waals surface area contributed by atoms with Crippen molar-refractivity contribution in [3.8, 4) is 11.3 Å². The highest BCUT2D eigenvalue weighted by atomic mass is 19.1. The quantitative estimate of drug-likeness (QED) is 0.340. The highest BCUT2D eigenvalue weighted by Crippen LogP contribution is 2.23. The van der Waals surface area contributed by atoms with Crippen LogP contribution in [-0.4, -0.2) is 28.6 Å². The molecule has 1 N–H and O–H groups in total. The number of esters is 1. The zero-order valence-corrected chi connectivity index (χ0v) is 18.9. The van der Waals surface area contributed by atoms with Gasteiger partial charge >= 0.3 is 5.97 Å². The lowest BCUT2D eigenvalue weighted by Gasteiger charge is -2.20. The highest BCUT2D eigenvalue weighted by molar-refractivity contribution is 5.79. The molecule has 4 rings (SSSR count). The molecule has 0 fully saturated rings. The molecule has 0 aliphatic carbocycles. The van der Waals surface area contributed by atoms with Gasteiger partial charge in [-0.05, 0) is 30.2 Å². The number of ether oxygens (including phenoxy) is 1. The molecule has 0 saturated heterocycles. The van der Waals surface area contributed by atoms with Crippen LogP contribution in [0.5, 0.6) is 0 Å². The first-order valence-electron chi connectivity index (χ1n) is 11.2. The molecule has 1 heterocycles. The Kier molecular flexibility index (Phi) is 7.60. The number of nitrogens with one attached hydrogen (secondary N) is 1. The summed E-state index contributed by atoms with van der Waals surface area (Å²) in [6, 6.07) is 25.2. The van der Waals surface area contributed by atoms with Crippen molar-refractivity contribution in [1.82, 2.24) is 9.97 Å². The molecule has 5 nitrogen and oxygen atoms in total. The summed E-state index contributed by atoms with van der Waals surface area (Å²) in [5.74, 6) is -0.202. The molecule has 6 heteroatoms. The van der Waals surface area contributed by atoms with Gasteiger partial charge in [0.2, 0.25) is 0 Å². The number of aromatic nitrogens is 2. The zero-order valence-electron chi connectivity index (χ0n) is 18.9. The predicted octanol–water partition coefficient (Wildman–Crippen LogP) is 5.46. The number of halogens is 1. The van der Waals surface area contributed by atoms with Gasteiger partial charge in [-0.2, -0.15) is 0 Å². The van der Waals surface area contributed by atoms with Gasteiger partial charge in [0.05, 0.1) is 24.2 Å². The smallest absolute Gasteiger partial charge is 0.328 e. The fourth-order valence-corrected chi connectivity index (χ4v) is 3.67. The minimum Gasteiger partial charge on any atom is -0.464 e. The van der Waals surface area contributed by atoms with E-state index < -0.39 is 12.0 Å². The maximum atomic E-state index is 13.4. The van der Waals surface area contributed by atoms with Gasteiger partial charge in [0, 0.05) is 18.4 Å². The highest BCUT2D eigenvalue weighted by Gasteiger charge is 2.23. The molecule has 3 aromatic carbocycles. The lowest BCUT2D eigenvalue weighted by molar-refractivity contribution is -0.144. The largest absolute Gasteiger partial charge is 0.464 e. The normalized spacial score (nSPS) is 11.6. The molecular weight excluding hydrogens is 429 g/mol. The number of anilines is 1. The van der Waals surface area contributed by atoms with E-state index in [1.165, 1.54) is 12.1 Å². The van der Waals surface area contributed by atoms with E-state index in [4.69, 9.17) is 9.72 Å². The maximum absolute atomic E-state index is 13.4. The topological polar surface area (TPSA) is 64.1 Å². The van der Waals surface area contributed by atoms with Crippen LogP contribution in [-0.2, 0) is 22.4 Å². The van der Waals surface area contributed by atoms with E-state index >= 15 is 0 Å². The van der Waals surface area contributed by atoms with Crippen LogP contribution in [0.3, 0.4) is 0 Å². The summed E-state index contributed by atoms with van der Waals surface area (Å²) >= 11 is 0. The third kappa shape index (κ3) is 6.04. The van der Waals surface area contributed by atoms with Crippen molar-refractivity contribution in [3.63, 3.8) is 0 Å². The van der Waals surface area contributed by atoms with Crippen molar-refractivity contribution < 1.29 is 13.9 Å². The third-order valence-corrected chi connectivity index (χ3v) is 5.36. The molecule has 172 valence electrons. The molecule has 1 aromatic heterocycles. The van der Waals surface area contributed by atoms with Crippen molar-refractivity contribution >= 4 is 11.8 Å². The van der Waals surface area contributed by atoms with Gasteiger partial charge in [0.15, 0.2) is 0 Å². The number of nitrogens with zero attached hydrogens (tertiary/aromatic N) is 2. The number of hydrogen-bond donors (Lipinski definition) is 1. The Labute approximate surface area is 198 Å². The number of carbonyl (C=O) groups excluding carboxylic acids is 1. The van der Waals surface area contributed by atoms with E-state index in [9.17, 15) is 9.18 Å². The molecule has 1 atom stereocenters. The van der Waals surface area contributed by atoms with E-state index in [1.807, 2.05) is 60.7 Å². The Bertz CT molecular complexity index is 1220. The van der Waals surface area contributed by atoms with Gasteiger partial charge in [-0.15, -0.1) is 0 Å². The minimum absolute atomic E-state index is 0.260. The lowest BCUT2D eigenvalue weighted by atomic mass is 10.0. The first kappa shape index (κ1) is 23.1. The molecule has 0 spiro atoms. The second kappa shape index (κ2) is 11.2. The van der Waals surface area contributed by atoms with Crippen LogP contribution in [0.25, 0.3) is 11.3 Å². The first-order chi connectivity index (χ1) is 16.6. The fraction of sp³-hybridized carbons (Fsp3) is 0.179. The Balaban J connectivity index is 1.67. The zero-order chi connectivity index (χ0) is 23.8. The van der Waals surface area contributed by atoms with Crippen LogP contribution < -0.4 is 5.32 Å². The molecule has 0 saturated carbocycles. The van der Waals surface area contributed by atoms with Gasteiger partial charge in [0.25, 0.3) is 0 Å². The average Bonchev–Trinajstić information content (AvgIpc) is 2.87. The second-order valence-corrected chi connectivity index (χ2v) is 7.86. The van der Waals surface area contributed by atoms with Crippen molar-refractivity contribution in [3.05, 3.63) is 114 Å². The summed E-state index contributed by atoms with van der Waals surface area (Å²) in [6.45, 7) is 2.03. The van der Waals surface area contributed by atoms with Crippen LogP contribution in [0.15, 0.2) is 91.1 Å². The summed E-state index contributed by atoms with van der Waals surface area (Å²) in [4.78, 5) is 22.3. The molecule has 1 unspecified atom stereocenters.